The molecule has 0 saturated carbocycles. The minimum Gasteiger partial charge on any atom is -0.351 e. The first-order valence-corrected chi connectivity index (χ1v) is 8.64. The van der Waals surface area contributed by atoms with Gasteiger partial charge in [0.05, 0.1) is 23.5 Å². The van der Waals surface area contributed by atoms with E-state index < -0.39 is 0 Å². The Labute approximate surface area is 141 Å². The molecule has 2 aliphatic rings. The van der Waals surface area contributed by atoms with Gasteiger partial charge < -0.3 is 4.90 Å². The smallest absolute Gasteiger partial charge is 0.136 e. The lowest BCUT2D eigenvalue weighted by Crippen LogP contribution is -2.42. The maximum atomic E-state index is 6.21. The third-order valence-electron chi connectivity index (χ3n) is 4.89. The lowest BCUT2D eigenvalue weighted by atomic mass is 10.0. The van der Waals surface area contributed by atoms with Gasteiger partial charge in [-0.3, -0.25) is 9.67 Å². The van der Waals surface area contributed by atoms with Crippen LogP contribution in [0.15, 0.2) is 29.3 Å². The fraction of sp³-hybridized carbons (Fsp3) is 0.444. The summed E-state index contributed by atoms with van der Waals surface area (Å²) in [4.78, 5) is 7.51. The Morgan fingerprint density at radius 3 is 2.96 bits per heavy atom. The van der Waals surface area contributed by atoms with Crippen molar-refractivity contribution in [2.75, 3.05) is 18.0 Å². The molecule has 0 bridgehead atoms. The van der Waals surface area contributed by atoms with E-state index in [4.69, 9.17) is 16.6 Å². The van der Waals surface area contributed by atoms with Crippen molar-refractivity contribution in [1.82, 2.24) is 9.78 Å². The quantitative estimate of drug-likeness (QED) is 0.801. The van der Waals surface area contributed by atoms with Gasteiger partial charge in [-0.05, 0) is 38.3 Å². The molecule has 0 spiro atoms. The van der Waals surface area contributed by atoms with Gasteiger partial charge in [-0.25, -0.2) is 0 Å². The Morgan fingerprint density at radius 1 is 1.26 bits per heavy atom. The molecule has 0 aliphatic carbocycles. The van der Waals surface area contributed by atoms with Crippen LogP contribution in [0.1, 0.15) is 36.1 Å². The maximum absolute atomic E-state index is 6.21. The van der Waals surface area contributed by atoms with E-state index in [-0.39, 0.29) is 0 Å². The van der Waals surface area contributed by atoms with Gasteiger partial charge in [0.15, 0.2) is 0 Å². The van der Waals surface area contributed by atoms with Crippen molar-refractivity contribution in [2.45, 2.75) is 32.2 Å². The van der Waals surface area contributed by atoms with E-state index in [0.717, 1.165) is 35.1 Å². The molecule has 1 fully saturated rings. The fourth-order valence-corrected chi connectivity index (χ4v) is 4.06. The molecular weight excluding hydrogens is 308 g/mol. The summed E-state index contributed by atoms with van der Waals surface area (Å²) in [6, 6.07) is 8.47. The Bertz CT molecular complexity index is 777. The summed E-state index contributed by atoms with van der Waals surface area (Å²) in [7, 11) is 2.04. The van der Waals surface area contributed by atoms with E-state index in [1.165, 1.54) is 30.6 Å². The molecule has 2 aliphatic heterocycles. The van der Waals surface area contributed by atoms with E-state index in [1.807, 2.05) is 29.9 Å². The summed E-state index contributed by atoms with van der Waals surface area (Å²) in [5.41, 5.74) is 4.31. The number of hydrogen-bond donors (Lipinski definition) is 0. The number of anilines is 1. The number of aryl methyl sites for hydroxylation is 2. The molecule has 120 valence electrons. The number of aromatic nitrogens is 2. The topological polar surface area (TPSA) is 33.4 Å². The normalized spacial score (nSPS) is 20.6. The first-order valence-electron chi connectivity index (χ1n) is 8.26. The van der Waals surface area contributed by atoms with Crippen LogP contribution >= 0.6 is 11.6 Å². The zero-order valence-electron chi connectivity index (χ0n) is 13.6. The summed E-state index contributed by atoms with van der Waals surface area (Å²) in [5.74, 6) is 1.21. The Kier molecular flexibility index (Phi) is 3.64. The van der Waals surface area contributed by atoms with E-state index >= 15 is 0 Å². The molecule has 2 aromatic rings. The lowest BCUT2D eigenvalue weighted by Gasteiger charge is -2.35. The highest BCUT2D eigenvalue weighted by molar-refractivity contribution is 6.31. The van der Waals surface area contributed by atoms with E-state index in [2.05, 4.69) is 23.0 Å². The summed E-state index contributed by atoms with van der Waals surface area (Å²) >= 11 is 6.21. The second-order valence-corrected chi connectivity index (χ2v) is 6.89. The second kappa shape index (κ2) is 5.68. The molecular formula is C18H21ClN4. The molecule has 1 aromatic carbocycles. The molecule has 0 radical (unpaired) electrons. The highest BCUT2D eigenvalue weighted by Gasteiger charge is 2.32. The Morgan fingerprint density at radius 2 is 2.13 bits per heavy atom. The minimum atomic E-state index is 0.481. The van der Waals surface area contributed by atoms with Crippen LogP contribution in [0.4, 0.5) is 5.82 Å². The van der Waals surface area contributed by atoms with Crippen LogP contribution in [0.5, 0.6) is 0 Å². The average Bonchev–Trinajstić information content (AvgIpc) is 2.73. The standard InChI is InChI=1S/C18H21ClN4/c1-12-16-17(13-6-5-7-14(19)10-13)20-11-15-8-3-4-9-23(15)18(16)22(2)21-12/h5-7,10,15H,3-4,8-9,11H2,1-2H3. The number of hydrogen-bond acceptors (Lipinski definition) is 3. The minimum absolute atomic E-state index is 0.481. The van der Waals surface area contributed by atoms with E-state index in [9.17, 15) is 0 Å². The van der Waals surface area contributed by atoms with E-state index in [1.54, 1.807) is 0 Å². The van der Waals surface area contributed by atoms with Gasteiger partial charge in [-0.15, -0.1) is 0 Å². The molecule has 1 aromatic heterocycles. The summed E-state index contributed by atoms with van der Waals surface area (Å²) in [6.07, 6.45) is 3.73. The zero-order chi connectivity index (χ0) is 16.0. The second-order valence-electron chi connectivity index (χ2n) is 6.45. The molecule has 5 heteroatoms. The predicted octanol–water partition coefficient (Wildman–Crippen LogP) is 3.59. The van der Waals surface area contributed by atoms with Crippen LogP contribution in [0, 0.1) is 6.92 Å². The number of rotatable bonds is 1. The molecule has 4 nitrogen and oxygen atoms in total. The van der Waals surface area contributed by atoms with Crippen molar-refractivity contribution < 1.29 is 0 Å². The van der Waals surface area contributed by atoms with Gasteiger partial charge in [0.25, 0.3) is 0 Å². The van der Waals surface area contributed by atoms with Gasteiger partial charge in [0, 0.05) is 30.2 Å². The van der Waals surface area contributed by atoms with Crippen molar-refractivity contribution in [3.05, 3.63) is 46.1 Å². The first-order chi connectivity index (χ1) is 11.1. The summed E-state index contributed by atoms with van der Waals surface area (Å²) in [6.45, 7) is 4.01. The molecule has 0 N–H and O–H groups in total. The molecule has 23 heavy (non-hydrogen) atoms. The molecule has 1 unspecified atom stereocenters. The zero-order valence-corrected chi connectivity index (χ0v) is 14.3. The number of nitrogens with zero attached hydrogens (tertiary/aromatic N) is 4. The molecule has 1 atom stereocenters. The number of halogens is 1. The van der Waals surface area contributed by atoms with Crippen molar-refractivity contribution >= 4 is 23.1 Å². The Hall–Kier alpha value is -1.81. The average molecular weight is 329 g/mol. The molecule has 4 rings (SSSR count). The van der Waals surface area contributed by atoms with Crippen molar-refractivity contribution in [1.29, 1.82) is 0 Å². The predicted molar refractivity (Wildman–Crippen MR) is 94.9 cm³/mol. The maximum Gasteiger partial charge on any atom is 0.136 e. The van der Waals surface area contributed by atoms with Gasteiger partial charge in [-0.1, -0.05) is 23.7 Å². The Balaban J connectivity index is 1.91. The lowest BCUT2D eigenvalue weighted by molar-refractivity contribution is 0.458. The van der Waals surface area contributed by atoms with Crippen LogP contribution in [0.2, 0.25) is 5.02 Å². The third-order valence-corrected chi connectivity index (χ3v) is 5.12. The van der Waals surface area contributed by atoms with Crippen LogP contribution in [0.3, 0.4) is 0 Å². The van der Waals surface area contributed by atoms with E-state index in [0.29, 0.717) is 6.04 Å². The van der Waals surface area contributed by atoms with Crippen molar-refractivity contribution in [3.63, 3.8) is 0 Å². The highest BCUT2D eigenvalue weighted by atomic mass is 35.5. The van der Waals surface area contributed by atoms with Gasteiger partial charge in [0.1, 0.15) is 5.82 Å². The van der Waals surface area contributed by atoms with Gasteiger partial charge in [-0.2, -0.15) is 5.10 Å². The van der Waals surface area contributed by atoms with Crippen LogP contribution in [-0.4, -0.2) is 34.6 Å². The number of fused-ring (bicyclic) bond motifs is 3. The number of benzene rings is 1. The van der Waals surface area contributed by atoms with Crippen LogP contribution in [-0.2, 0) is 7.05 Å². The largest absolute Gasteiger partial charge is 0.351 e. The van der Waals surface area contributed by atoms with Gasteiger partial charge >= 0.3 is 0 Å². The van der Waals surface area contributed by atoms with Crippen LogP contribution < -0.4 is 4.90 Å². The van der Waals surface area contributed by atoms with Gasteiger partial charge in [0.2, 0.25) is 0 Å². The van der Waals surface area contributed by atoms with Crippen molar-refractivity contribution in [3.8, 4) is 0 Å². The van der Waals surface area contributed by atoms with Crippen molar-refractivity contribution in [2.24, 2.45) is 12.0 Å². The number of piperidine rings is 1. The monoisotopic (exact) mass is 328 g/mol. The summed E-state index contributed by atoms with van der Waals surface area (Å²) in [5, 5.41) is 5.43. The third kappa shape index (κ3) is 2.45. The molecule has 0 amide bonds. The molecule has 3 heterocycles. The molecule has 1 saturated heterocycles. The van der Waals surface area contributed by atoms with Crippen LogP contribution in [0.25, 0.3) is 0 Å². The fourth-order valence-electron chi connectivity index (χ4n) is 3.87. The SMILES string of the molecule is Cc1nn(C)c2c1C(c1cccc(Cl)c1)=NCC1CCCCN21. The number of aliphatic imine (C=N–C) groups is 1. The first kappa shape index (κ1) is 14.8. The highest BCUT2D eigenvalue weighted by Crippen LogP contribution is 2.34. The summed E-state index contributed by atoms with van der Waals surface area (Å²) < 4.78 is 2.02.